The number of aryl methyl sites for hydroxylation is 1. The number of nitrogens with two attached hydrogens (primary N) is 1. The van der Waals surface area contributed by atoms with Crippen molar-refractivity contribution in [1.29, 1.82) is 0 Å². The van der Waals surface area contributed by atoms with E-state index in [0.29, 0.717) is 5.69 Å². The zero-order valence-electron chi connectivity index (χ0n) is 7.78. The van der Waals surface area contributed by atoms with Crippen LogP contribution in [0.1, 0.15) is 5.69 Å². The summed E-state index contributed by atoms with van der Waals surface area (Å²) in [6, 6.07) is 1.82. The van der Waals surface area contributed by atoms with Crippen molar-refractivity contribution in [2.75, 3.05) is 11.1 Å². The van der Waals surface area contributed by atoms with Crippen LogP contribution < -0.4 is 11.1 Å². The quantitative estimate of drug-likeness (QED) is 0.667. The van der Waals surface area contributed by atoms with Crippen LogP contribution in [0, 0.1) is 6.92 Å². The van der Waals surface area contributed by atoms with E-state index in [1.54, 1.807) is 18.6 Å². The second-order valence-corrected chi connectivity index (χ2v) is 3.00. The molecule has 5 heteroatoms. The Morgan fingerprint density at radius 2 is 2.21 bits per heavy atom. The first-order valence-electron chi connectivity index (χ1n) is 4.24. The number of nitrogens with one attached hydrogen (secondary N) is 2. The molecule has 0 fully saturated rings. The van der Waals surface area contributed by atoms with Gasteiger partial charge in [-0.2, -0.15) is 5.10 Å². The maximum atomic E-state index is 5.73. The van der Waals surface area contributed by atoms with Crippen LogP contribution in [0.4, 0.5) is 17.1 Å². The van der Waals surface area contributed by atoms with E-state index in [-0.39, 0.29) is 0 Å². The smallest absolute Gasteiger partial charge is 0.0798 e. The largest absolute Gasteiger partial charge is 0.396 e. The number of H-pyrrole nitrogens is 1. The fraction of sp³-hybridized carbons (Fsp3) is 0.111. The van der Waals surface area contributed by atoms with Gasteiger partial charge in [0.1, 0.15) is 0 Å². The molecule has 0 unspecified atom stereocenters. The van der Waals surface area contributed by atoms with Gasteiger partial charge < -0.3 is 11.1 Å². The minimum absolute atomic E-state index is 0.619. The van der Waals surface area contributed by atoms with Gasteiger partial charge in [0.05, 0.1) is 35.1 Å². The molecule has 72 valence electrons. The first-order chi connectivity index (χ1) is 6.77. The number of aromatic amines is 1. The summed E-state index contributed by atoms with van der Waals surface area (Å²) in [6.07, 6.45) is 5.01. The summed E-state index contributed by atoms with van der Waals surface area (Å²) in [4.78, 5) is 3.91. The van der Waals surface area contributed by atoms with Crippen LogP contribution in [0.2, 0.25) is 0 Å². The molecule has 0 bridgehead atoms. The Bertz CT molecular complexity index is 434. The first kappa shape index (κ1) is 8.55. The van der Waals surface area contributed by atoms with Gasteiger partial charge in [-0.3, -0.25) is 10.1 Å². The number of nitrogens with zero attached hydrogens (tertiary/aromatic N) is 2. The van der Waals surface area contributed by atoms with Gasteiger partial charge in [-0.25, -0.2) is 0 Å². The highest BCUT2D eigenvalue weighted by Crippen LogP contribution is 2.22. The third kappa shape index (κ3) is 1.52. The van der Waals surface area contributed by atoms with Crippen molar-refractivity contribution >= 4 is 17.1 Å². The Kier molecular flexibility index (Phi) is 2.06. The molecular formula is C9H11N5. The van der Waals surface area contributed by atoms with Crippen LogP contribution in [-0.4, -0.2) is 15.2 Å². The average Bonchev–Trinajstić information content (AvgIpc) is 2.56. The molecule has 14 heavy (non-hydrogen) atoms. The van der Waals surface area contributed by atoms with Crippen molar-refractivity contribution in [3.05, 3.63) is 30.4 Å². The van der Waals surface area contributed by atoms with E-state index in [1.165, 1.54) is 0 Å². The molecule has 0 saturated heterocycles. The van der Waals surface area contributed by atoms with Crippen LogP contribution in [0.25, 0.3) is 0 Å². The van der Waals surface area contributed by atoms with Crippen molar-refractivity contribution in [2.24, 2.45) is 0 Å². The van der Waals surface area contributed by atoms with E-state index in [1.807, 2.05) is 13.0 Å². The van der Waals surface area contributed by atoms with Crippen LogP contribution in [-0.2, 0) is 0 Å². The lowest BCUT2D eigenvalue weighted by molar-refractivity contribution is 1.05. The maximum absolute atomic E-state index is 5.73. The molecule has 0 radical (unpaired) electrons. The zero-order valence-corrected chi connectivity index (χ0v) is 7.78. The monoisotopic (exact) mass is 189 g/mol. The Balaban J connectivity index is 2.28. The van der Waals surface area contributed by atoms with E-state index < -0.39 is 0 Å². The van der Waals surface area contributed by atoms with Gasteiger partial charge in [-0.05, 0) is 13.0 Å². The molecule has 0 aliphatic rings. The zero-order chi connectivity index (χ0) is 9.97. The van der Waals surface area contributed by atoms with E-state index >= 15 is 0 Å². The van der Waals surface area contributed by atoms with Crippen LogP contribution in [0.15, 0.2) is 24.7 Å². The van der Waals surface area contributed by atoms with Gasteiger partial charge in [-0.15, -0.1) is 0 Å². The number of anilines is 3. The second kappa shape index (κ2) is 3.37. The second-order valence-electron chi connectivity index (χ2n) is 3.00. The Hall–Kier alpha value is -2.04. The van der Waals surface area contributed by atoms with Crippen LogP contribution in [0.5, 0.6) is 0 Å². The lowest BCUT2D eigenvalue weighted by atomic mass is 10.3. The van der Waals surface area contributed by atoms with Crippen molar-refractivity contribution < 1.29 is 0 Å². The SMILES string of the molecule is Cc1[nH]ncc1Nc1ccncc1N. The number of hydrogen-bond acceptors (Lipinski definition) is 4. The summed E-state index contributed by atoms with van der Waals surface area (Å²) in [6.45, 7) is 1.94. The molecule has 2 heterocycles. The molecule has 0 aliphatic heterocycles. The summed E-state index contributed by atoms with van der Waals surface area (Å²) >= 11 is 0. The van der Waals surface area contributed by atoms with Crippen LogP contribution >= 0.6 is 0 Å². The average molecular weight is 189 g/mol. The predicted octanol–water partition coefficient (Wildman–Crippen LogP) is 1.44. The molecular weight excluding hydrogens is 178 g/mol. The highest BCUT2D eigenvalue weighted by atomic mass is 15.1. The topological polar surface area (TPSA) is 79.6 Å². The summed E-state index contributed by atoms with van der Waals surface area (Å²) in [5.41, 5.74) is 9.08. The Labute approximate surface area is 81.4 Å². The first-order valence-corrected chi connectivity index (χ1v) is 4.24. The third-order valence-electron chi connectivity index (χ3n) is 1.95. The number of hydrogen-bond donors (Lipinski definition) is 3. The van der Waals surface area contributed by atoms with E-state index in [9.17, 15) is 0 Å². The number of aromatic nitrogens is 3. The fourth-order valence-electron chi connectivity index (χ4n) is 1.14. The van der Waals surface area contributed by atoms with Gasteiger partial charge in [0.15, 0.2) is 0 Å². The summed E-state index contributed by atoms with van der Waals surface area (Å²) in [7, 11) is 0. The maximum Gasteiger partial charge on any atom is 0.0798 e. The highest BCUT2D eigenvalue weighted by Gasteiger charge is 2.02. The minimum Gasteiger partial charge on any atom is -0.396 e. The van der Waals surface area contributed by atoms with Gasteiger partial charge in [0, 0.05) is 6.20 Å². The van der Waals surface area contributed by atoms with Gasteiger partial charge in [-0.1, -0.05) is 0 Å². The minimum atomic E-state index is 0.619. The fourth-order valence-corrected chi connectivity index (χ4v) is 1.14. The predicted molar refractivity (Wildman–Crippen MR) is 55.3 cm³/mol. The molecule has 2 aromatic heterocycles. The molecule has 0 saturated carbocycles. The van der Waals surface area contributed by atoms with E-state index in [2.05, 4.69) is 20.5 Å². The molecule has 0 atom stereocenters. The lowest BCUT2D eigenvalue weighted by Crippen LogP contribution is -1.96. The van der Waals surface area contributed by atoms with Gasteiger partial charge in [0.25, 0.3) is 0 Å². The molecule has 0 spiro atoms. The Morgan fingerprint density at radius 3 is 2.86 bits per heavy atom. The molecule has 0 amide bonds. The van der Waals surface area contributed by atoms with Crippen LogP contribution in [0.3, 0.4) is 0 Å². The number of nitrogen functional groups attached to an aromatic ring is 1. The summed E-state index contributed by atoms with van der Waals surface area (Å²) in [5, 5.41) is 9.90. The van der Waals surface area contributed by atoms with Crippen molar-refractivity contribution in [3.63, 3.8) is 0 Å². The lowest BCUT2D eigenvalue weighted by Gasteiger charge is -2.06. The molecule has 4 N–H and O–H groups in total. The molecule has 0 aliphatic carbocycles. The summed E-state index contributed by atoms with van der Waals surface area (Å²) in [5.74, 6) is 0. The summed E-state index contributed by atoms with van der Waals surface area (Å²) < 4.78 is 0. The molecule has 2 rings (SSSR count). The Morgan fingerprint density at radius 1 is 1.36 bits per heavy atom. The van der Waals surface area contributed by atoms with Gasteiger partial charge >= 0.3 is 0 Å². The molecule has 2 aromatic rings. The van der Waals surface area contributed by atoms with Crippen molar-refractivity contribution in [1.82, 2.24) is 15.2 Å². The van der Waals surface area contributed by atoms with Crippen molar-refractivity contribution in [3.8, 4) is 0 Å². The molecule has 5 nitrogen and oxygen atoms in total. The number of pyridine rings is 1. The standard InChI is InChI=1S/C9H11N5/c1-6-9(5-12-14-6)13-8-2-3-11-4-7(8)10/h2-5H,10H2,1H3,(H,11,13)(H,12,14). The van der Waals surface area contributed by atoms with E-state index in [4.69, 9.17) is 5.73 Å². The van der Waals surface area contributed by atoms with E-state index in [0.717, 1.165) is 17.1 Å². The normalized spacial score (nSPS) is 10.1. The van der Waals surface area contributed by atoms with Gasteiger partial charge in [0.2, 0.25) is 0 Å². The highest BCUT2D eigenvalue weighted by molar-refractivity contribution is 5.71. The molecule has 0 aromatic carbocycles. The number of rotatable bonds is 2. The third-order valence-corrected chi connectivity index (χ3v) is 1.95. The van der Waals surface area contributed by atoms with Crippen molar-refractivity contribution in [2.45, 2.75) is 6.92 Å².